The Hall–Kier alpha value is -0.740. The second kappa shape index (κ2) is 6.17. The van der Waals surface area contributed by atoms with Gasteiger partial charge in [-0.3, -0.25) is 4.79 Å². The van der Waals surface area contributed by atoms with Gasteiger partial charge in [0.1, 0.15) is 5.82 Å². The first-order valence-electron chi connectivity index (χ1n) is 7.73. The molecule has 0 aromatic heterocycles. The minimum atomic E-state index is -0.325. The number of halogens is 2. The number of carbonyl (C=O) groups excluding carboxylic acids is 1. The van der Waals surface area contributed by atoms with Crippen LogP contribution in [0.15, 0.2) is 22.7 Å². The maximum Gasteiger partial charge on any atom is 0.167 e. The lowest BCUT2D eigenvalue weighted by molar-refractivity contribution is -0.111. The molecule has 1 unspecified atom stereocenters. The third kappa shape index (κ3) is 3.21. The van der Waals surface area contributed by atoms with Gasteiger partial charge < -0.3 is 4.74 Å². The predicted octanol–water partition coefficient (Wildman–Crippen LogP) is 4.90. The first-order chi connectivity index (χ1) is 10.1. The largest absolute Gasteiger partial charge is 0.375 e. The van der Waals surface area contributed by atoms with Crippen LogP contribution in [0.3, 0.4) is 0 Å². The van der Waals surface area contributed by atoms with Gasteiger partial charge in [0, 0.05) is 22.6 Å². The highest BCUT2D eigenvalue weighted by Gasteiger charge is 2.41. The summed E-state index contributed by atoms with van der Waals surface area (Å²) in [5.41, 5.74) is 0.512. The van der Waals surface area contributed by atoms with E-state index in [1.165, 1.54) is 31.4 Å². The molecular formula is C17H20BrFO2. The molecule has 1 heterocycles. The number of hydrogen-bond acceptors (Lipinski definition) is 2. The number of Topliss-reactive ketones (excluding diaryl/α,β-unsaturated/α-hetero) is 1. The van der Waals surface area contributed by atoms with Crippen molar-refractivity contribution in [2.45, 2.75) is 50.5 Å². The van der Waals surface area contributed by atoms with Crippen molar-refractivity contribution in [3.05, 3.63) is 34.1 Å². The van der Waals surface area contributed by atoms with Crippen LogP contribution in [0.5, 0.6) is 0 Å². The summed E-state index contributed by atoms with van der Waals surface area (Å²) in [6.45, 7) is 0.662. The quantitative estimate of drug-likeness (QED) is 0.706. The fourth-order valence-corrected chi connectivity index (χ4v) is 4.25. The average molecular weight is 355 g/mol. The van der Waals surface area contributed by atoms with Crippen molar-refractivity contribution < 1.29 is 13.9 Å². The van der Waals surface area contributed by atoms with Crippen LogP contribution in [0.2, 0.25) is 0 Å². The Labute approximate surface area is 133 Å². The summed E-state index contributed by atoms with van der Waals surface area (Å²) >= 11 is 3.31. The van der Waals surface area contributed by atoms with Crippen LogP contribution in [0.25, 0.3) is 0 Å². The average Bonchev–Trinajstić information content (AvgIpc) is 2.47. The summed E-state index contributed by atoms with van der Waals surface area (Å²) in [7, 11) is 0. The standard InChI is InChI=1S/C17H20BrFO2/c18-15-10-13(19)4-5-14(15)16(20)12-6-9-21-17(11-12)7-2-1-3-8-17/h4-5,10,12H,1-3,6-9,11H2. The van der Waals surface area contributed by atoms with E-state index in [2.05, 4.69) is 15.9 Å². The summed E-state index contributed by atoms with van der Waals surface area (Å²) in [5, 5.41) is 0. The molecule has 4 heteroatoms. The zero-order valence-corrected chi connectivity index (χ0v) is 13.6. The lowest BCUT2D eigenvalue weighted by atomic mass is 9.74. The summed E-state index contributed by atoms with van der Waals surface area (Å²) in [6.07, 6.45) is 7.39. The Morgan fingerprint density at radius 2 is 2.05 bits per heavy atom. The van der Waals surface area contributed by atoms with Crippen LogP contribution < -0.4 is 0 Å². The lowest BCUT2D eigenvalue weighted by Crippen LogP contribution is -2.43. The highest BCUT2D eigenvalue weighted by atomic mass is 79.9. The van der Waals surface area contributed by atoms with Crippen molar-refractivity contribution >= 4 is 21.7 Å². The van der Waals surface area contributed by atoms with Crippen molar-refractivity contribution in [1.29, 1.82) is 0 Å². The van der Waals surface area contributed by atoms with Gasteiger partial charge >= 0.3 is 0 Å². The lowest BCUT2D eigenvalue weighted by Gasteiger charge is -2.43. The zero-order valence-electron chi connectivity index (χ0n) is 12.0. The molecular weight excluding hydrogens is 335 g/mol. The number of hydrogen-bond donors (Lipinski definition) is 0. The minimum Gasteiger partial charge on any atom is -0.375 e. The molecule has 1 saturated heterocycles. The van der Waals surface area contributed by atoms with Crippen LogP contribution in [0.1, 0.15) is 55.3 Å². The van der Waals surface area contributed by atoms with Gasteiger partial charge in [0.05, 0.1) is 5.60 Å². The molecule has 2 aliphatic rings. The van der Waals surface area contributed by atoms with Gasteiger partial charge in [-0.05, 0) is 59.8 Å². The van der Waals surface area contributed by atoms with Crippen LogP contribution in [0, 0.1) is 11.7 Å². The molecule has 1 aromatic rings. The van der Waals surface area contributed by atoms with Crippen molar-refractivity contribution in [1.82, 2.24) is 0 Å². The molecule has 2 fully saturated rings. The molecule has 21 heavy (non-hydrogen) atoms. The molecule has 3 rings (SSSR count). The van der Waals surface area contributed by atoms with E-state index in [1.807, 2.05) is 0 Å². The minimum absolute atomic E-state index is 0.00129. The summed E-state index contributed by atoms with van der Waals surface area (Å²) in [6, 6.07) is 4.31. The highest BCUT2D eigenvalue weighted by Crippen LogP contribution is 2.41. The van der Waals surface area contributed by atoms with E-state index in [-0.39, 0.29) is 23.1 Å². The topological polar surface area (TPSA) is 26.3 Å². The van der Waals surface area contributed by atoms with Crippen LogP contribution in [-0.2, 0) is 4.74 Å². The zero-order chi connectivity index (χ0) is 14.9. The molecule has 1 atom stereocenters. The first-order valence-corrected chi connectivity index (χ1v) is 8.52. The Bertz CT molecular complexity index is 532. The first kappa shape index (κ1) is 15.2. The maximum absolute atomic E-state index is 13.2. The fourth-order valence-electron chi connectivity index (χ4n) is 3.71. The van der Waals surface area contributed by atoms with E-state index in [0.29, 0.717) is 16.6 Å². The molecule has 1 aliphatic carbocycles. The number of rotatable bonds is 2. The molecule has 0 radical (unpaired) electrons. The SMILES string of the molecule is O=C(c1ccc(F)cc1Br)C1CCOC2(CCCCC2)C1. The van der Waals surface area contributed by atoms with Gasteiger partial charge in [-0.15, -0.1) is 0 Å². The van der Waals surface area contributed by atoms with Gasteiger partial charge in [-0.2, -0.15) is 0 Å². The molecule has 1 saturated carbocycles. The molecule has 1 aliphatic heterocycles. The van der Waals surface area contributed by atoms with Gasteiger partial charge in [0.15, 0.2) is 5.78 Å². The number of carbonyl (C=O) groups is 1. The smallest absolute Gasteiger partial charge is 0.167 e. The Morgan fingerprint density at radius 3 is 2.76 bits per heavy atom. The molecule has 0 bridgehead atoms. The molecule has 0 N–H and O–H groups in total. The van der Waals surface area contributed by atoms with Crippen molar-refractivity contribution in [3.8, 4) is 0 Å². The Kier molecular flexibility index (Phi) is 4.46. The van der Waals surface area contributed by atoms with E-state index >= 15 is 0 Å². The van der Waals surface area contributed by atoms with E-state index in [4.69, 9.17) is 4.74 Å². The third-order valence-electron chi connectivity index (χ3n) is 4.83. The summed E-state index contributed by atoms with van der Waals surface area (Å²) < 4.78 is 19.8. The second-order valence-electron chi connectivity index (χ2n) is 6.27. The normalized spacial score (nSPS) is 25.0. The van der Waals surface area contributed by atoms with Gasteiger partial charge in [-0.25, -0.2) is 4.39 Å². The van der Waals surface area contributed by atoms with E-state index < -0.39 is 0 Å². The monoisotopic (exact) mass is 354 g/mol. The predicted molar refractivity (Wildman–Crippen MR) is 82.9 cm³/mol. The summed E-state index contributed by atoms with van der Waals surface area (Å²) in [5.74, 6) is -0.206. The number of ketones is 1. The van der Waals surface area contributed by atoms with Crippen molar-refractivity contribution in [3.63, 3.8) is 0 Å². The van der Waals surface area contributed by atoms with Crippen molar-refractivity contribution in [2.75, 3.05) is 6.61 Å². The van der Waals surface area contributed by atoms with E-state index in [1.54, 1.807) is 6.07 Å². The van der Waals surface area contributed by atoms with Gasteiger partial charge in [-0.1, -0.05) is 19.3 Å². The van der Waals surface area contributed by atoms with Crippen LogP contribution in [-0.4, -0.2) is 18.0 Å². The van der Waals surface area contributed by atoms with E-state index in [9.17, 15) is 9.18 Å². The summed E-state index contributed by atoms with van der Waals surface area (Å²) in [4.78, 5) is 12.7. The third-order valence-corrected chi connectivity index (χ3v) is 5.48. The molecule has 2 nitrogen and oxygen atoms in total. The molecule has 1 spiro atoms. The highest BCUT2D eigenvalue weighted by molar-refractivity contribution is 9.10. The molecule has 1 aromatic carbocycles. The van der Waals surface area contributed by atoms with Crippen LogP contribution >= 0.6 is 15.9 Å². The second-order valence-corrected chi connectivity index (χ2v) is 7.12. The Morgan fingerprint density at radius 1 is 1.29 bits per heavy atom. The fraction of sp³-hybridized carbons (Fsp3) is 0.588. The van der Waals surface area contributed by atoms with Gasteiger partial charge in [0.25, 0.3) is 0 Å². The number of benzene rings is 1. The maximum atomic E-state index is 13.2. The molecule has 114 valence electrons. The molecule has 0 amide bonds. The number of ether oxygens (including phenoxy) is 1. The Balaban J connectivity index is 1.77. The van der Waals surface area contributed by atoms with E-state index in [0.717, 1.165) is 25.7 Å². The van der Waals surface area contributed by atoms with Crippen LogP contribution in [0.4, 0.5) is 4.39 Å². The van der Waals surface area contributed by atoms with Gasteiger partial charge in [0.2, 0.25) is 0 Å². The van der Waals surface area contributed by atoms with Crippen molar-refractivity contribution in [2.24, 2.45) is 5.92 Å².